The number of rotatable bonds is 5. The van der Waals surface area contributed by atoms with Gasteiger partial charge < -0.3 is 11.1 Å². The maximum atomic E-state index is 11.9. The molecule has 106 valence electrons. The summed E-state index contributed by atoms with van der Waals surface area (Å²) in [5.74, 6) is 0.0621. The molecule has 19 heavy (non-hydrogen) atoms. The Hall–Kier alpha value is -0.870. The first kappa shape index (κ1) is 16.2. The van der Waals surface area contributed by atoms with E-state index in [1.165, 1.54) is 5.56 Å². The quantitative estimate of drug-likeness (QED) is 0.874. The van der Waals surface area contributed by atoms with E-state index in [0.29, 0.717) is 6.54 Å². The summed E-state index contributed by atoms with van der Waals surface area (Å²) in [6.45, 7) is 8.68. The molecule has 3 nitrogen and oxygen atoms in total. The summed E-state index contributed by atoms with van der Waals surface area (Å²) in [7, 11) is 0. The van der Waals surface area contributed by atoms with E-state index in [2.05, 4.69) is 47.2 Å². The Kier molecular flexibility index (Phi) is 5.56. The number of nitrogens with one attached hydrogen (secondary N) is 1. The summed E-state index contributed by atoms with van der Waals surface area (Å²) in [5.41, 5.74) is 6.88. The molecule has 3 N–H and O–H groups in total. The van der Waals surface area contributed by atoms with Gasteiger partial charge in [-0.25, -0.2) is 0 Å². The molecule has 1 atom stereocenters. The third-order valence-corrected chi connectivity index (χ3v) is 3.82. The van der Waals surface area contributed by atoms with Crippen LogP contribution in [0, 0.1) is 5.92 Å². The van der Waals surface area contributed by atoms with Gasteiger partial charge in [-0.05, 0) is 23.6 Å². The molecule has 0 saturated heterocycles. The minimum atomic E-state index is -0.446. The second-order valence-electron chi connectivity index (χ2n) is 5.88. The van der Waals surface area contributed by atoms with Crippen LogP contribution in [0.4, 0.5) is 0 Å². The number of carbonyl (C=O) groups is 1. The highest BCUT2D eigenvalue weighted by Gasteiger charge is 2.24. The SMILES string of the molecule is CC(C)[C@H](N)C(=O)NCC(C)(C)c1cccc(Br)c1. The molecule has 1 amide bonds. The van der Waals surface area contributed by atoms with E-state index in [0.717, 1.165) is 4.47 Å². The van der Waals surface area contributed by atoms with Crippen molar-refractivity contribution in [1.82, 2.24) is 5.32 Å². The maximum absolute atomic E-state index is 11.9. The van der Waals surface area contributed by atoms with Crippen molar-refractivity contribution in [3.05, 3.63) is 34.3 Å². The lowest BCUT2D eigenvalue weighted by Gasteiger charge is -2.27. The van der Waals surface area contributed by atoms with Crippen molar-refractivity contribution in [2.45, 2.75) is 39.2 Å². The van der Waals surface area contributed by atoms with Gasteiger partial charge in [0.15, 0.2) is 0 Å². The minimum absolute atomic E-state index is 0.0851. The lowest BCUT2D eigenvalue weighted by molar-refractivity contribution is -0.123. The highest BCUT2D eigenvalue weighted by atomic mass is 79.9. The van der Waals surface area contributed by atoms with Crippen LogP contribution in [0.2, 0.25) is 0 Å². The average Bonchev–Trinajstić information content (AvgIpc) is 2.35. The third kappa shape index (κ3) is 4.62. The second-order valence-corrected chi connectivity index (χ2v) is 6.80. The number of amides is 1. The zero-order valence-corrected chi connectivity index (χ0v) is 13.6. The highest BCUT2D eigenvalue weighted by molar-refractivity contribution is 9.10. The fourth-order valence-corrected chi connectivity index (χ4v) is 2.14. The molecule has 0 aliphatic heterocycles. The molecule has 0 spiro atoms. The number of benzene rings is 1. The van der Waals surface area contributed by atoms with Gasteiger partial charge in [-0.3, -0.25) is 4.79 Å². The standard InChI is InChI=1S/C15H23BrN2O/c1-10(2)13(17)14(19)18-9-15(3,4)11-6-5-7-12(16)8-11/h5-8,10,13H,9,17H2,1-4H3,(H,18,19)/t13-/m0/s1. The average molecular weight is 327 g/mol. The monoisotopic (exact) mass is 326 g/mol. The lowest BCUT2D eigenvalue weighted by Crippen LogP contribution is -2.47. The first-order valence-electron chi connectivity index (χ1n) is 6.53. The van der Waals surface area contributed by atoms with E-state index in [-0.39, 0.29) is 17.2 Å². The molecule has 0 heterocycles. The first-order valence-corrected chi connectivity index (χ1v) is 7.32. The predicted octanol–water partition coefficient (Wildman–Crippen LogP) is 2.83. The molecule has 0 radical (unpaired) electrons. The van der Waals surface area contributed by atoms with Gasteiger partial charge in [0.25, 0.3) is 0 Å². The van der Waals surface area contributed by atoms with E-state index in [1.807, 2.05) is 26.0 Å². The Morgan fingerprint density at radius 3 is 2.58 bits per heavy atom. The van der Waals surface area contributed by atoms with Gasteiger partial charge in [-0.15, -0.1) is 0 Å². The third-order valence-electron chi connectivity index (χ3n) is 3.33. The van der Waals surface area contributed by atoms with Crippen LogP contribution in [0.5, 0.6) is 0 Å². The van der Waals surface area contributed by atoms with Gasteiger partial charge in [0.05, 0.1) is 6.04 Å². The summed E-state index contributed by atoms with van der Waals surface area (Å²) < 4.78 is 1.04. The summed E-state index contributed by atoms with van der Waals surface area (Å²) in [6, 6.07) is 7.70. The van der Waals surface area contributed by atoms with Crippen LogP contribution < -0.4 is 11.1 Å². The second kappa shape index (κ2) is 6.53. The highest BCUT2D eigenvalue weighted by Crippen LogP contribution is 2.25. The summed E-state index contributed by atoms with van der Waals surface area (Å²) in [6.07, 6.45) is 0. The van der Waals surface area contributed by atoms with Gasteiger partial charge in [-0.2, -0.15) is 0 Å². The number of hydrogen-bond acceptors (Lipinski definition) is 2. The van der Waals surface area contributed by atoms with Gasteiger partial charge in [-0.1, -0.05) is 55.8 Å². The van der Waals surface area contributed by atoms with Gasteiger partial charge in [0.2, 0.25) is 5.91 Å². The van der Waals surface area contributed by atoms with Gasteiger partial charge in [0.1, 0.15) is 0 Å². The Balaban J connectivity index is 2.68. The van der Waals surface area contributed by atoms with E-state index >= 15 is 0 Å². The Morgan fingerprint density at radius 2 is 2.05 bits per heavy atom. The number of halogens is 1. The van der Waals surface area contributed by atoms with E-state index in [4.69, 9.17) is 5.73 Å². The Bertz CT molecular complexity index is 444. The van der Waals surface area contributed by atoms with Crippen LogP contribution in [0.3, 0.4) is 0 Å². The molecule has 0 saturated carbocycles. The molecular formula is C15H23BrN2O. The molecule has 0 bridgehead atoms. The molecule has 0 aliphatic rings. The van der Waals surface area contributed by atoms with E-state index in [1.54, 1.807) is 0 Å². The van der Waals surface area contributed by atoms with Crippen molar-refractivity contribution in [2.75, 3.05) is 6.54 Å². The van der Waals surface area contributed by atoms with Crippen molar-refractivity contribution in [3.63, 3.8) is 0 Å². The van der Waals surface area contributed by atoms with Crippen molar-refractivity contribution in [2.24, 2.45) is 11.7 Å². The van der Waals surface area contributed by atoms with Gasteiger partial charge >= 0.3 is 0 Å². The largest absolute Gasteiger partial charge is 0.354 e. The summed E-state index contributed by atoms with van der Waals surface area (Å²) in [4.78, 5) is 11.9. The van der Waals surface area contributed by atoms with Crippen molar-refractivity contribution in [3.8, 4) is 0 Å². The first-order chi connectivity index (χ1) is 8.74. The molecular weight excluding hydrogens is 304 g/mol. The fourth-order valence-electron chi connectivity index (χ4n) is 1.74. The van der Waals surface area contributed by atoms with Crippen molar-refractivity contribution in [1.29, 1.82) is 0 Å². The molecule has 4 heteroatoms. The lowest BCUT2D eigenvalue weighted by atomic mass is 9.84. The Morgan fingerprint density at radius 1 is 1.42 bits per heavy atom. The minimum Gasteiger partial charge on any atom is -0.354 e. The van der Waals surface area contributed by atoms with E-state index < -0.39 is 6.04 Å². The smallest absolute Gasteiger partial charge is 0.237 e. The zero-order chi connectivity index (χ0) is 14.6. The van der Waals surface area contributed by atoms with Crippen LogP contribution in [-0.2, 0) is 10.2 Å². The molecule has 1 aromatic carbocycles. The molecule has 0 fully saturated rings. The normalized spacial score (nSPS) is 13.4. The van der Waals surface area contributed by atoms with Gasteiger partial charge in [0, 0.05) is 16.4 Å². The zero-order valence-electron chi connectivity index (χ0n) is 12.0. The van der Waals surface area contributed by atoms with Crippen LogP contribution in [-0.4, -0.2) is 18.5 Å². The number of carbonyl (C=O) groups excluding carboxylic acids is 1. The molecule has 1 aromatic rings. The van der Waals surface area contributed by atoms with Crippen molar-refractivity contribution < 1.29 is 4.79 Å². The Labute approximate surface area is 124 Å². The van der Waals surface area contributed by atoms with Crippen LogP contribution >= 0.6 is 15.9 Å². The van der Waals surface area contributed by atoms with Crippen molar-refractivity contribution >= 4 is 21.8 Å². The number of nitrogens with two attached hydrogens (primary N) is 1. The number of hydrogen-bond donors (Lipinski definition) is 2. The molecule has 0 aliphatic carbocycles. The molecule has 0 unspecified atom stereocenters. The van der Waals surface area contributed by atoms with Crippen LogP contribution in [0.1, 0.15) is 33.3 Å². The summed E-state index contributed by atoms with van der Waals surface area (Å²) >= 11 is 3.47. The van der Waals surface area contributed by atoms with Crippen LogP contribution in [0.15, 0.2) is 28.7 Å². The summed E-state index contributed by atoms with van der Waals surface area (Å²) in [5, 5.41) is 2.94. The predicted molar refractivity (Wildman–Crippen MR) is 83.0 cm³/mol. The van der Waals surface area contributed by atoms with Crippen LogP contribution in [0.25, 0.3) is 0 Å². The van der Waals surface area contributed by atoms with E-state index in [9.17, 15) is 4.79 Å². The molecule has 1 rings (SSSR count). The maximum Gasteiger partial charge on any atom is 0.237 e. The molecule has 0 aromatic heterocycles. The topological polar surface area (TPSA) is 55.1 Å². The fraction of sp³-hybridized carbons (Fsp3) is 0.533.